The number of likely N-dealkylation sites (N-methyl/N-ethyl adjacent to an activating group) is 1. The van der Waals surface area contributed by atoms with Crippen molar-refractivity contribution < 1.29 is 9.53 Å². The molecule has 0 aromatic rings. The van der Waals surface area contributed by atoms with Gasteiger partial charge in [-0.1, -0.05) is 0 Å². The minimum atomic E-state index is -0.394. The molecule has 1 aliphatic carbocycles. The van der Waals surface area contributed by atoms with Crippen LogP contribution < -0.4 is 0 Å². The minimum absolute atomic E-state index is 0.162. The molecule has 1 saturated carbocycles. The zero-order chi connectivity index (χ0) is 13.3. The lowest BCUT2D eigenvalue weighted by Crippen LogP contribution is -2.39. The molecule has 0 spiro atoms. The number of likely N-dealkylation sites (tertiary alicyclic amines) is 1. The van der Waals surface area contributed by atoms with E-state index in [1.807, 2.05) is 25.7 Å². The second kappa shape index (κ2) is 5.08. The summed E-state index contributed by atoms with van der Waals surface area (Å²) in [5.74, 6) is 0.908. The third kappa shape index (κ3) is 3.87. The van der Waals surface area contributed by atoms with E-state index in [-0.39, 0.29) is 6.09 Å². The largest absolute Gasteiger partial charge is 0.444 e. The van der Waals surface area contributed by atoms with E-state index in [9.17, 15) is 4.79 Å². The molecule has 2 rings (SSSR count). The summed E-state index contributed by atoms with van der Waals surface area (Å²) in [6, 6.07) is 0.512. The number of rotatable bonds is 3. The summed E-state index contributed by atoms with van der Waals surface area (Å²) in [4.78, 5) is 16.2. The third-order valence-corrected chi connectivity index (χ3v) is 3.68. The van der Waals surface area contributed by atoms with E-state index in [1.165, 1.54) is 19.4 Å². The molecule has 2 fully saturated rings. The molecule has 0 radical (unpaired) electrons. The van der Waals surface area contributed by atoms with Crippen LogP contribution in [-0.2, 0) is 4.74 Å². The first-order valence-electron chi connectivity index (χ1n) is 7.03. The van der Waals surface area contributed by atoms with Crippen molar-refractivity contribution in [2.45, 2.75) is 51.7 Å². The number of nitrogens with zero attached hydrogens (tertiary/aromatic N) is 2. The predicted molar refractivity (Wildman–Crippen MR) is 71.6 cm³/mol. The normalized spacial score (nSPS) is 24.7. The molecule has 4 heteroatoms. The Kier molecular flexibility index (Phi) is 3.85. The quantitative estimate of drug-likeness (QED) is 0.775. The van der Waals surface area contributed by atoms with Crippen LogP contribution in [0, 0.1) is 5.92 Å². The maximum Gasteiger partial charge on any atom is 0.410 e. The van der Waals surface area contributed by atoms with E-state index >= 15 is 0 Å². The van der Waals surface area contributed by atoms with Crippen molar-refractivity contribution in [2.75, 3.05) is 26.7 Å². The van der Waals surface area contributed by atoms with Gasteiger partial charge in [-0.2, -0.15) is 0 Å². The molecule has 0 aromatic heterocycles. The number of hydrogen-bond donors (Lipinski definition) is 0. The lowest BCUT2D eigenvalue weighted by atomic mass is 10.2. The standard InChI is InChI=1S/C14H26N2O2/c1-14(2,3)18-13(17)16-8-7-12(10-16)15(4)9-11-5-6-11/h11-12H,5-10H2,1-4H3/t12-/m1/s1. The smallest absolute Gasteiger partial charge is 0.410 e. The lowest BCUT2D eigenvalue weighted by molar-refractivity contribution is 0.0282. The highest BCUT2D eigenvalue weighted by atomic mass is 16.6. The van der Waals surface area contributed by atoms with Gasteiger partial charge in [-0.05, 0) is 53.0 Å². The van der Waals surface area contributed by atoms with Gasteiger partial charge in [0.05, 0.1) is 0 Å². The molecular formula is C14H26N2O2. The zero-order valence-electron chi connectivity index (χ0n) is 12.1. The summed E-state index contributed by atoms with van der Waals surface area (Å²) in [5, 5.41) is 0. The van der Waals surface area contributed by atoms with Gasteiger partial charge in [-0.15, -0.1) is 0 Å². The molecule has 4 nitrogen and oxygen atoms in total. The van der Waals surface area contributed by atoms with Crippen LogP contribution >= 0.6 is 0 Å². The van der Waals surface area contributed by atoms with E-state index in [4.69, 9.17) is 4.74 Å². The van der Waals surface area contributed by atoms with Gasteiger partial charge in [0, 0.05) is 25.7 Å². The predicted octanol–water partition coefficient (Wildman–Crippen LogP) is 2.34. The number of hydrogen-bond acceptors (Lipinski definition) is 3. The highest BCUT2D eigenvalue weighted by Crippen LogP contribution is 2.30. The van der Waals surface area contributed by atoms with Crippen LogP contribution in [0.5, 0.6) is 0 Å². The molecule has 2 aliphatic rings. The maximum absolute atomic E-state index is 11.9. The lowest BCUT2D eigenvalue weighted by Gasteiger charge is -2.26. The van der Waals surface area contributed by atoms with Gasteiger partial charge in [0.25, 0.3) is 0 Å². The zero-order valence-corrected chi connectivity index (χ0v) is 12.1. The van der Waals surface area contributed by atoms with Crippen LogP contribution in [-0.4, -0.2) is 54.2 Å². The monoisotopic (exact) mass is 254 g/mol. The fraction of sp³-hybridized carbons (Fsp3) is 0.929. The van der Waals surface area contributed by atoms with Crippen molar-refractivity contribution >= 4 is 6.09 Å². The Labute approximate surface area is 110 Å². The Balaban J connectivity index is 1.78. The van der Waals surface area contributed by atoms with Crippen LogP contribution in [0.4, 0.5) is 4.79 Å². The van der Waals surface area contributed by atoms with E-state index in [1.54, 1.807) is 0 Å². The molecule has 0 unspecified atom stereocenters. The molecule has 1 saturated heterocycles. The second-order valence-electron chi connectivity index (χ2n) is 6.75. The summed E-state index contributed by atoms with van der Waals surface area (Å²) in [7, 11) is 2.18. The van der Waals surface area contributed by atoms with Crippen LogP contribution in [0.2, 0.25) is 0 Å². The Morgan fingerprint density at radius 1 is 1.33 bits per heavy atom. The first-order chi connectivity index (χ1) is 8.35. The summed E-state index contributed by atoms with van der Waals surface area (Å²) in [5.41, 5.74) is -0.394. The van der Waals surface area contributed by atoms with Crippen molar-refractivity contribution in [2.24, 2.45) is 5.92 Å². The third-order valence-electron chi connectivity index (χ3n) is 3.68. The molecule has 0 aromatic carbocycles. The average Bonchev–Trinajstić information content (AvgIpc) is 2.91. The fourth-order valence-electron chi connectivity index (χ4n) is 2.45. The van der Waals surface area contributed by atoms with Crippen molar-refractivity contribution in [1.29, 1.82) is 0 Å². The molecule has 1 aliphatic heterocycles. The van der Waals surface area contributed by atoms with Gasteiger partial charge in [0.15, 0.2) is 0 Å². The number of carbonyl (C=O) groups is 1. The van der Waals surface area contributed by atoms with E-state index in [0.29, 0.717) is 6.04 Å². The highest BCUT2D eigenvalue weighted by molar-refractivity contribution is 5.68. The molecule has 18 heavy (non-hydrogen) atoms. The van der Waals surface area contributed by atoms with E-state index in [2.05, 4.69) is 11.9 Å². The van der Waals surface area contributed by atoms with Gasteiger partial charge < -0.3 is 14.5 Å². The van der Waals surface area contributed by atoms with Crippen LogP contribution in [0.3, 0.4) is 0 Å². The maximum atomic E-state index is 11.9. The molecule has 1 amide bonds. The average molecular weight is 254 g/mol. The summed E-state index contributed by atoms with van der Waals surface area (Å²) >= 11 is 0. The molecule has 1 heterocycles. The Bertz CT molecular complexity index is 307. The van der Waals surface area contributed by atoms with Crippen molar-refractivity contribution in [1.82, 2.24) is 9.80 Å². The Morgan fingerprint density at radius 3 is 2.56 bits per heavy atom. The fourth-order valence-corrected chi connectivity index (χ4v) is 2.45. The number of ether oxygens (including phenoxy) is 1. The summed E-state index contributed by atoms with van der Waals surface area (Å²) in [6.07, 6.45) is 3.67. The molecule has 1 atom stereocenters. The summed E-state index contributed by atoms with van der Waals surface area (Å²) < 4.78 is 5.41. The van der Waals surface area contributed by atoms with Crippen molar-refractivity contribution in [3.8, 4) is 0 Å². The van der Waals surface area contributed by atoms with Crippen LogP contribution in [0.1, 0.15) is 40.0 Å². The van der Waals surface area contributed by atoms with E-state index < -0.39 is 5.60 Å². The van der Waals surface area contributed by atoms with Gasteiger partial charge >= 0.3 is 6.09 Å². The minimum Gasteiger partial charge on any atom is -0.444 e. The topological polar surface area (TPSA) is 32.8 Å². The van der Waals surface area contributed by atoms with Crippen molar-refractivity contribution in [3.05, 3.63) is 0 Å². The van der Waals surface area contributed by atoms with Gasteiger partial charge in [0.2, 0.25) is 0 Å². The molecule has 104 valence electrons. The molecule has 0 N–H and O–H groups in total. The second-order valence-corrected chi connectivity index (χ2v) is 6.75. The van der Waals surface area contributed by atoms with Gasteiger partial charge in [0.1, 0.15) is 5.60 Å². The van der Waals surface area contributed by atoms with Gasteiger partial charge in [-0.3, -0.25) is 0 Å². The highest BCUT2D eigenvalue weighted by Gasteiger charge is 2.33. The molecule has 0 bridgehead atoms. The number of carbonyl (C=O) groups excluding carboxylic acids is 1. The Hall–Kier alpha value is -0.770. The summed E-state index contributed by atoms with van der Waals surface area (Å²) in [6.45, 7) is 8.58. The van der Waals surface area contributed by atoms with E-state index in [0.717, 1.165) is 25.4 Å². The first kappa shape index (κ1) is 13.7. The first-order valence-corrected chi connectivity index (χ1v) is 7.03. The van der Waals surface area contributed by atoms with Crippen LogP contribution in [0.15, 0.2) is 0 Å². The van der Waals surface area contributed by atoms with Gasteiger partial charge in [-0.25, -0.2) is 4.79 Å². The van der Waals surface area contributed by atoms with Crippen LogP contribution in [0.25, 0.3) is 0 Å². The number of amides is 1. The Morgan fingerprint density at radius 2 is 2.00 bits per heavy atom. The van der Waals surface area contributed by atoms with Crippen molar-refractivity contribution in [3.63, 3.8) is 0 Å². The molecular weight excluding hydrogens is 228 g/mol. The SMILES string of the molecule is CN(CC1CC1)[C@@H]1CCN(C(=O)OC(C)(C)C)C1.